The molecule has 1 N–H and O–H groups in total. The van der Waals surface area contributed by atoms with Gasteiger partial charge in [-0.1, -0.05) is 0 Å². The lowest BCUT2D eigenvalue weighted by Crippen LogP contribution is -1.62. The number of aliphatic hydroxyl groups is 1. The molecular weight excluding hydrogens is 78.0 g/mol. The molecule has 0 amide bonds. The molecule has 32 valence electrons. The summed E-state index contributed by atoms with van der Waals surface area (Å²) in [5.41, 5.74) is 0. The van der Waals surface area contributed by atoms with Crippen molar-refractivity contribution in [2.24, 2.45) is 0 Å². The van der Waals surface area contributed by atoms with Crippen LogP contribution >= 0.6 is 0 Å². The minimum atomic E-state index is 0.0532. The van der Waals surface area contributed by atoms with E-state index in [0.717, 1.165) is 6.08 Å². The molecule has 0 radical (unpaired) electrons. The lowest BCUT2D eigenvalue weighted by atomic mass is 10.5. The Bertz CT molecular complexity index is 94.6. The van der Waals surface area contributed by atoms with Crippen LogP contribution in [0, 0.1) is 11.3 Å². The van der Waals surface area contributed by atoms with E-state index in [1.54, 1.807) is 6.07 Å². The van der Waals surface area contributed by atoms with E-state index >= 15 is 0 Å². The van der Waals surface area contributed by atoms with Crippen molar-refractivity contribution < 1.29 is 5.11 Å². The number of allylic oxidation sites excluding steroid dienone is 2. The first-order valence-electron chi connectivity index (χ1n) is 1.52. The Kier molecular flexibility index (Phi) is 1.91. The quantitative estimate of drug-likeness (QED) is 0.350. The minimum Gasteiger partial charge on any atom is -0.512 e. The predicted octanol–water partition coefficient (Wildman–Crippen LogP) is 0.972. The first kappa shape index (κ1) is 5.03. The van der Waals surface area contributed by atoms with Crippen LogP contribution in [0.4, 0.5) is 0 Å². The number of hydrogen-bond donors (Lipinski definition) is 1. The van der Waals surface area contributed by atoms with Crippen LogP contribution < -0.4 is 0 Å². The third-order valence-electron chi connectivity index (χ3n) is 0.273. The van der Waals surface area contributed by atoms with E-state index in [-0.39, 0.29) is 5.76 Å². The van der Waals surface area contributed by atoms with Gasteiger partial charge in [-0.15, -0.1) is 0 Å². The zero-order chi connectivity index (χ0) is 4.99. The molecule has 0 aliphatic carbocycles. The second-order valence-electron chi connectivity index (χ2n) is 0.915. The molecule has 0 aromatic carbocycles. The normalized spacial score (nSPS) is 10.3. The summed E-state index contributed by atoms with van der Waals surface area (Å²) in [4.78, 5) is 0. The first-order valence-corrected chi connectivity index (χ1v) is 1.52. The van der Waals surface area contributed by atoms with E-state index in [0.29, 0.717) is 0 Å². The SMILES string of the molecule is CC(O)=CC#N. The van der Waals surface area contributed by atoms with Crippen LogP contribution in [0.25, 0.3) is 0 Å². The molecule has 0 aromatic rings. The molecular formula is C4H5NO. The van der Waals surface area contributed by atoms with Gasteiger partial charge in [0.25, 0.3) is 0 Å². The van der Waals surface area contributed by atoms with Gasteiger partial charge >= 0.3 is 0 Å². The molecule has 2 heteroatoms. The number of aliphatic hydroxyl groups excluding tert-OH is 1. The summed E-state index contributed by atoms with van der Waals surface area (Å²) >= 11 is 0. The second-order valence-corrected chi connectivity index (χ2v) is 0.915. The van der Waals surface area contributed by atoms with Crippen molar-refractivity contribution in [2.45, 2.75) is 6.92 Å². The van der Waals surface area contributed by atoms with Crippen molar-refractivity contribution in [3.63, 3.8) is 0 Å². The third-order valence-corrected chi connectivity index (χ3v) is 0.273. The molecule has 0 spiro atoms. The van der Waals surface area contributed by atoms with Crippen molar-refractivity contribution in [2.75, 3.05) is 0 Å². The average Bonchev–Trinajstić information content (AvgIpc) is 1.35. The molecule has 0 fully saturated rings. The van der Waals surface area contributed by atoms with Gasteiger partial charge in [0, 0.05) is 0 Å². The maximum absolute atomic E-state index is 8.19. The van der Waals surface area contributed by atoms with Crippen molar-refractivity contribution in [3.05, 3.63) is 11.8 Å². The number of nitrogens with zero attached hydrogens (tertiary/aromatic N) is 1. The Labute approximate surface area is 36.3 Å². The summed E-state index contributed by atoms with van der Waals surface area (Å²) in [5.74, 6) is 0.0532. The predicted molar refractivity (Wildman–Crippen MR) is 22.0 cm³/mol. The summed E-state index contributed by atoms with van der Waals surface area (Å²) < 4.78 is 0. The lowest BCUT2D eigenvalue weighted by Gasteiger charge is -1.73. The molecule has 0 aliphatic heterocycles. The number of rotatable bonds is 0. The maximum atomic E-state index is 8.19. The van der Waals surface area contributed by atoms with Gasteiger partial charge in [-0.3, -0.25) is 0 Å². The molecule has 2 nitrogen and oxygen atoms in total. The van der Waals surface area contributed by atoms with E-state index in [1.165, 1.54) is 6.92 Å². The Morgan fingerprint density at radius 3 is 2.50 bits per heavy atom. The van der Waals surface area contributed by atoms with E-state index in [4.69, 9.17) is 10.4 Å². The average molecular weight is 83.1 g/mol. The van der Waals surface area contributed by atoms with E-state index in [2.05, 4.69) is 0 Å². The highest BCUT2D eigenvalue weighted by atomic mass is 16.3. The molecule has 0 saturated heterocycles. The van der Waals surface area contributed by atoms with Gasteiger partial charge in [0.1, 0.15) is 0 Å². The zero-order valence-corrected chi connectivity index (χ0v) is 3.47. The fourth-order valence-electron chi connectivity index (χ4n) is 0.0934. The third kappa shape index (κ3) is 3.03. The Balaban J connectivity index is 3.51. The van der Waals surface area contributed by atoms with Crippen LogP contribution in [0.1, 0.15) is 6.92 Å². The van der Waals surface area contributed by atoms with Crippen LogP contribution in [0.5, 0.6) is 0 Å². The van der Waals surface area contributed by atoms with Gasteiger partial charge in [0.15, 0.2) is 0 Å². The summed E-state index contributed by atoms with van der Waals surface area (Å²) in [7, 11) is 0. The van der Waals surface area contributed by atoms with E-state index in [9.17, 15) is 0 Å². The molecule has 0 saturated carbocycles. The lowest BCUT2D eigenvalue weighted by molar-refractivity contribution is 0.415. The summed E-state index contributed by atoms with van der Waals surface area (Å²) in [6.45, 7) is 1.45. The molecule has 0 unspecified atom stereocenters. The number of hydrogen-bond acceptors (Lipinski definition) is 2. The fourth-order valence-corrected chi connectivity index (χ4v) is 0.0934. The summed E-state index contributed by atoms with van der Waals surface area (Å²) in [5, 5.41) is 15.9. The van der Waals surface area contributed by atoms with Crippen molar-refractivity contribution in [1.29, 1.82) is 5.26 Å². The van der Waals surface area contributed by atoms with Crippen LogP contribution in [0.15, 0.2) is 11.8 Å². The fraction of sp³-hybridized carbons (Fsp3) is 0.250. The molecule has 0 aromatic heterocycles. The monoisotopic (exact) mass is 83.0 g/mol. The Morgan fingerprint density at radius 1 is 2.00 bits per heavy atom. The maximum Gasteiger partial charge on any atom is 0.0996 e. The Hall–Kier alpha value is -0.970. The summed E-state index contributed by atoms with van der Waals surface area (Å²) in [6, 6.07) is 1.66. The smallest absolute Gasteiger partial charge is 0.0996 e. The van der Waals surface area contributed by atoms with Gasteiger partial charge in [0.2, 0.25) is 0 Å². The number of nitriles is 1. The molecule has 0 bridgehead atoms. The highest BCUT2D eigenvalue weighted by Crippen LogP contribution is 1.77. The van der Waals surface area contributed by atoms with Gasteiger partial charge in [-0.25, -0.2) is 0 Å². The summed E-state index contributed by atoms with van der Waals surface area (Å²) in [6.07, 6.45) is 1.07. The largest absolute Gasteiger partial charge is 0.512 e. The van der Waals surface area contributed by atoms with Gasteiger partial charge in [0.05, 0.1) is 17.9 Å². The molecule has 0 atom stereocenters. The topological polar surface area (TPSA) is 44.0 Å². The highest BCUT2D eigenvalue weighted by molar-refractivity contribution is 5.04. The second kappa shape index (κ2) is 2.28. The van der Waals surface area contributed by atoms with E-state index < -0.39 is 0 Å². The van der Waals surface area contributed by atoms with E-state index in [1.807, 2.05) is 0 Å². The first-order chi connectivity index (χ1) is 2.77. The van der Waals surface area contributed by atoms with Crippen LogP contribution in [-0.2, 0) is 0 Å². The van der Waals surface area contributed by atoms with Crippen LogP contribution in [0.2, 0.25) is 0 Å². The molecule has 0 rings (SSSR count). The van der Waals surface area contributed by atoms with Crippen molar-refractivity contribution >= 4 is 0 Å². The molecule has 0 heterocycles. The highest BCUT2D eigenvalue weighted by Gasteiger charge is 1.69. The molecule has 0 aliphatic rings. The van der Waals surface area contributed by atoms with Gasteiger partial charge < -0.3 is 5.11 Å². The van der Waals surface area contributed by atoms with Gasteiger partial charge in [-0.05, 0) is 6.92 Å². The van der Waals surface area contributed by atoms with Crippen LogP contribution in [-0.4, -0.2) is 5.11 Å². The molecule has 6 heavy (non-hydrogen) atoms. The van der Waals surface area contributed by atoms with Crippen molar-refractivity contribution in [3.8, 4) is 6.07 Å². The van der Waals surface area contributed by atoms with Crippen LogP contribution in [0.3, 0.4) is 0 Å². The standard InChI is InChI=1S/C4H5NO/c1-4(6)2-3-5/h2,6H,1H3. The van der Waals surface area contributed by atoms with Gasteiger partial charge in [-0.2, -0.15) is 5.26 Å². The minimum absolute atomic E-state index is 0.0532. The Morgan fingerprint density at radius 2 is 2.50 bits per heavy atom. The van der Waals surface area contributed by atoms with Crippen molar-refractivity contribution in [1.82, 2.24) is 0 Å². The zero-order valence-electron chi connectivity index (χ0n) is 3.47.